The minimum absolute atomic E-state index is 0.0738. The number of hydrogen-bond acceptors (Lipinski definition) is 3. The lowest BCUT2D eigenvalue weighted by atomic mass is 10.0. The summed E-state index contributed by atoms with van der Waals surface area (Å²) >= 11 is 0. The van der Waals surface area contributed by atoms with Gasteiger partial charge < -0.3 is 9.97 Å². The maximum atomic E-state index is 12.8. The van der Waals surface area contributed by atoms with E-state index in [0.29, 0.717) is 17.6 Å². The van der Waals surface area contributed by atoms with Crippen LogP contribution in [0.15, 0.2) is 27.9 Å². The van der Waals surface area contributed by atoms with Crippen molar-refractivity contribution in [3.05, 3.63) is 28.7 Å². The molecule has 1 atom stereocenters. The SMILES string of the molecule is CC[C@@H]1CCCCN1S(=O)(=O)c1ccc2[nH]c(=O)[nH]c2c1. The number of nitrogens with zero attached hydrogens (tertiary/aromatic N) is 1. The Hall–Kier alpha value is -1.60. The maximum absolute atomic E-state index is 12.8. The molecule has 1 aromatic heterocycles. The fraction of sp³-hybridized carbons (Fsp3) is 0.500. The van der Waals surface area contributed by atoms with Crippen LogP contribution in [0.5, 0.6) is 0 Å². The molecule has 1 aliphatic rings. The molecule has 114 valence electrons. The molecular formula is C14H19N3O3S. The van der Waals surface area contributed by atoms with Gasteiger partial charge in [-0.3, -0.25) is 0 Å². The second kappa shape index (κ2) is 5.31. The van der Waals surface area contributed by atoms with Crippen molar-refractivity contribution in [3.63, 3.8) is 0 Å². The van der Waals surface area contributed by atoms with Gasteiger partial charge in [0.25, 0.3) is 0 Å². The van der Waals surface area contributed by atoms with E-state index in [0.717, 1.165) is 25.7 Å². The minimum Gasteiger partial charge on any atom is -0.306 e. The molecule has 1 aromatic carbocycles. The highest BCUT2D eigenvalue weighted by Crippen LogP contribution is 2.27. The van der Waals surface area contributed by atoms with E-state index in [2.05, 4.69) is 9.97 Å². The zero-order valence-electron chi connectivity index (χ0n) is 11.9. The molecule has 0 amide bonds. The van der Waals surface area contributed by atoms with Crippen LogP contribution < -0.4 is 5.69 Å². The van der Waals surface area contributed by atoms with E-state index in [9.17, 15) is 13.2 Å². The van der Waals surface area contributed by atoms with Crippen LogP contribution in [0.4, 0.5) is 0 Å². The number of H-pyrrole nitrogens is 2. The summed E-state index contributed by atoms with van der Waals surface area (Å²) in [6, 6.07) is 4.79. The Labute approximate surface area is 123 Å². The van der Waals surface area contributed by atoms with Gasteiger partial charge in [0.15, 0.2) is 0 Å². The fourth-order valence-corrected chi connectivity index (χ4v) is 4.80. The van der Waals surface area contributed by atoms with Crippen LogP contribution in [0.3, 0.4) is 0 Å². The zero-order valence-corrected chi connectivity index (χ0v) is 12.7. The van der Waals surface area contributed by atoms with Crippen LogP contribution in [0.25, 0.3) is 11.0 Å². The molecule has 0 radical (unpaired) electrons. The number of aromatic amines is 2. The topological polar surface area (TPSA) is 86.0 Å². The first-order valence-corrected chi connectivity index (χ1v) is 8.70. The molecule has 0 aliphatic carbocycles. The highest BCUT2D eigenvalue weighted by Gasteiger charge is 2.32. The lowest BCUT2D eigenvalue weighted by molar-refractivity contribution is 0.246. The molecule has 0 bridgehead atoms. The molecule has 1 fully saturated rings. The number of nitrogens with one attached hydrogen (secondary N) is 2. The summed E-state index contributed by atoms with van der Waals surface area (Å²) in [5, 5.41) is 0. The van der Waals surface area contributed by atoms with Gasteiger partial charge in [-0.2, -0.15) is 4.31 Å². The van der Waals surface area contributed by atoms with Crippen molar-refractivity contribution < 1.29 is 8.42 Å². The van der Waals surface area contributed by atoms with E-state index in [1.807, 2.05) is 6.92 Å². The van der Waals surface area contributed by atoms with Crippen LogP contribution in [0.2, 0.25) is 0 Å². The van der Waals surface area contributed by atoms with Gasteiger partial charge in [-0.25, -0.2) is 13.2 Å². The van der Waals surface area contributed by atoms with Crippen molar-refractivity contribution in [2.24, 2.45) is 0 Å². The monoisotopic (exact) mass is 309 g/mol. The molecule has 0 unspecified atom stereocenters. The van der Waals surface area contributed by atoms with Crippen molar-refractivity contribution in [1.29, 1.82) is 0 Å². The Morgan fingerprint density at radius 3 is 2.76 bits per heavy atom. The van der Waals surface area contributed by atoms with Crippen LogP contribution in [0, 0.1) is 0 Å². The number of benzene rings is 1. The predicted octanol–water partition coefficient (Wildman–Crippen LogP) is 1.81. The third-order valence-corrected chi connectivity index (χ3v) is 6.09. The lowest BCUT2D eigenvalue weighted by Crippen LogP contribution is -2.43. The van der Waals surface area contributed by atoms with Gasteiger partial charge >= 0.3 is 5.69 Å². The average Bonchev–Trinajstić information content (AvgIpc) is 2.86. The van der Waals surface area contributed by atoms with Gasteiger partial charge in [-0.05, 0) is 37.5 Å². The zero-order chi connectivity index (χ0) is 15.0. The third-order valence-electron chi connectivity index (χ3n) is 4.14. The quantitative estimate of drug-likeness (QED) is 0.906. The van der Waals surface area contributed by atoms with Crippen molar-refractivity contribution in [1.82, 2.24) is 14.3 Å². The molecule has 7 heteroatoms. The molecule has 21 heavy (non-hydrogen) atoms. The van der Waals surface area contributed by atoms with Gasteiger partial charge in [0.1, 0.15) is 0 Å². The van der Waals surface area contributed by atoms with Crippen LogP contribution in [-0.2, 0) is 10.0 Å². The first-order chi connectivity index (χ1) is 10.0. The Balaban J connectivity index is 2.04. The van der Waals surface area contributed by atoms with E-state index in [1.165, 1.54) is 6.07 Å². The fourth-order valence-electron chi connectivity index (χ4n) is 3.01. The normalized spacial score (nSPS) is 20.9. The standard InChI is InChI=1S/C14H19N3O3S/c1-2-10-5-3-4-8-17(10)21(19,20)11-6-7-12-13(9-11)16-14(18)15-12/h6-7,9-10H,2-5,8H2,1H3,(H2,15,16,18)/t10-/m1/s1. The number of hydrogen-bond donors (Lipinski definition) is 2. The molecule has 2 N–H and O–H groups in total. The number of rotatable bonds is 3. The van der Waals surface area contributed by atoms with Crippen molar-refractivity contribution in [2.45, 2.75) is 43.5 Å². The minimum atomic E-state index is -3.51. The van der Waals surface area contributed by atoms with Crippen molar-refractivity contribution in [3.8, 4) is 0 Å². The first kappa shape index (κ1) is 14.3. The molecule has 6 nitrogen and oxygen atoms in total. The van der Waals surface area contributed by atoms with Gasteiger partial charge in [0.2, 0.25) is 10.0 Å². The van der Waals surface area contributed by atoms with Crippen molar-refractivity contribution in [2.75, 3.05) is 6.54 Å². The van der Waals surface area contributed by atoms with Gasteiger partial charge in [0, 0.05) is 12.6 Å². The molecule has 0 spiro atoms. The molecule has 1 aliphatic heterocycles. The highest BCUT2D eigenvalue weighted by atomic mass is 32.2. The first-order valence-electron chi connectivity index (χ1n) is 7.26. The summed E-state index contributed by atoms with van der Waals surface area (Å²) in [5.74, 6) is 0. The molecule has 3 rings (SSSR count). The molecule has 0 saturated carbocycles. The van der Waals surface area contributed by atoms with Crippen molar-refractivity contribution >= 4 is 21.1 Å². The number of fused-ring (bicyclic) bond motifs is 1. The second-order valence-corrected chi connectivity index (χ2v) is 7.35. The molecule has 2 heterocycles. The Morgan fingerprint density at radius 1 is 1.24 bits per heavy atom. The van der Waals surface area contributed by atoms with E-state index < -0.39 is 10.0 Å². The van der Waals surface area contributed by atoms with Gasteiger partial charge in [-0.1, -0.05) is 13.3 Å². The molecule has 2 aromatic rings. The van der Waals surface area contributed by atoms with E-state index in [4.69, 9.17) is 0 Å². The second-order valence-electron chi connectivity index (χ2n) is 5.46. The van der Waals surface area contributed by atoms with E-state index in [-0.39, 0.29) is 16.6 Å². The lowest BCUT2D eigenvalue weighted by Gasteiger charge is -2.34. The Kier molecular flexibility index (Phi) is 3.62. The predicted molar refractivity (Wildman–Crippen MR) is 80.7 cm³/mol. The highest BCUT2D eigenvalue weighted by molar-refractivity contribution is 7.89. The van der Waals surface area contributed by atoms with E-state index in [1.54, 1.807) is 16.4 Å². The summed E-state index contributed by atoms with van der Waals surface area (Å²) in [6.45, 7) is 2.59. The summed E-state index contributed by atoms with van der Waals surface area (Å²) in [4.78, 5) is 16.7. The van der Waals surface area contributed by atoms with Crippen LogP contribution >= 0.6 is 0 Å². The summed E-state index contributed by atoms with van der Waals surface area (Å²) < 4.78 is 27.3. The number of imidazole rings is 1. The maximum Gasteiger partial charge on any atom is 0.323 e. The number of aromatic nitrogens is 2. The smallest absolute Gasteiger partial charge is 0.306 e. The third kappa shape index (κ3) is 2.51. The Bertz CT molecular complexity index is 806. The molecule has 1 saturated heterocycles. The number of sulfonamides is 1. The van der Waals surface area contributed by atoms with E-state index >= 15 is 0 Å². The van der Waals surface area contributed by atoms with Crippen LogP contribution in [0.1, 0.15) is 32.6 Å². The average molecular weight is 309 g/mol. The molecular weight excluding hydrogens is 290 g/mol. The summed E-state index contributed by atoms with van der Waals surface area (Å²) in [5.41, 5.74) is 0.805. The van der Waals surface area contributed by atoms with Gasteiger partial charge in [-0.15, -0.1) is 0 Å². The Morgan fingerprint density at radius 2 is 2.00 bits per heavy atom. The summed E-state index contributed by atoms with van der Waals surface area (Å²) in [6.07, 6.45) is 3.72. The number of piperidine rings is 1. The largest absolute Gasteiger partial charge is 0.323 e. The van der Waals surface area contributed by atoms with Gasteiger partial charge in [0.05, 0.1) is 15.9 Å². The van der Waals surface area contributed by atoms with Crippen LogP contribution in [-0.4, -0.2) is 35.3 Å². The summed E-state index contributed by atoms with van der Waals surface area (Å²) in [7, 11) is -3.51.